The average Bonchev–Trinajstić information content (AvgIpc) is 2.73. The summed E-state index contributed by atoms with van der Waals surface area (Å²) in [5.41, 5.74) is 7.42. The molecular weight excluding hydrogens is 264 g/mol. The Morgan fingerprint density at radius 3 is 2.63 bits per heavy atom. The molecule has 7 heteroatoms. The van der Waals surface area contributed by atoms with Gasteiger partial charge in [0.2, 0.25) is 0 Å². The summed E-state index contributed by atoms with van der Waals surface area (Å²) >= 11 is 1.57. The molecule has 0 unspecified atom stereocenters. The lowest BCUT2D eigenvalue weighted by Gasteiger charge is -2.08. The Hall–Kier alpha value is -2.02. The third-order valence-corrected chi connectivity index (χ3v) is 3.38. The molecule has 2 N–H and O–H groups in total. The maximum Gasteiger partial charge on any atom is 0.343 e. The van der Waals surface area contributed by atoms with Gasteiger partial charge in [0, 0.05) is 5.38 Å². The Kier molecular flexibility index (Phi) is 3.75. The molecule has 0 aromatic carbocycles. The quantitative estimate of drug-likeness (QED) is 0.856. The normalized spacial score (nSPS) is 10.5. The van der Waals surface area contributed by atoms with Crippen molar-refractivity contribution in [2.75, 3.05) is 12.8 Å². The number of nitrogen functional groups attached to an aromatic ring is 1. The van der Waals surface area contributed by atoms with E-state index in [1.807, 2.05) is 12.3 Å². The largest absolute Gasteiger partial charge is 0.465 e. The number of methoxy groups -OCH3 is 1. The summed E-state index contributed by atoms with van der Waals surface area (Å²) in [5, 5.41) is 2.95. The molecule has 2 aromatic heterocycles. The molecule has 0 atom stereocenters. The summed E-state index contributed by atoms with van der Waals surface area (Å²) in [6.07, 6.45) is 0.497. The lowest BCUT2D eigenvalue weighted by molar-refractivity contribution is 0.0600. The average molecular weight is 278 g/mol. The number of rotatable bonds is 3. The number of carbonyl (C=O) groups is 1. The van der Waals surface area contributed by atoms with Gasteiger partial charge in [-0.3, -0.25) is 0 Å². The van der Waals surface area contributed by atoms with E-state index in [0.29, 0.717) is 17.9 Å². The Morgan fingerprint density at radius 1 is 1.37 bits per heavy atom. The maximum atomic E-state index is 11.5. The monoisotopic (exact) mass is 278 g/mol. The summed E-state index contributed by atoms with van der Waals surface area (Å²) in [6.45, 7) is 3.65. The van der Waals surface area contributed by atoms with Crippen LogP contribution in [0.5, 0.6) is 0 Å². The molecule has 0 spiro atoms. The minimum absolute atomic E-state index is 0.140. The van der Waals surface area contributed by atoms with Gasteiger partial charge in [0.05, 0.1) is 29.9 Å². The molecule has 0 radical (unpaired) electrons. The van der Waals surface area contributed by atoms with Crippen molar-refractivity contribution in [3.05, 3.63) is 33.2 Å². The minimum Gasteiger partial charge on any atom is -0.465 e. The molecule has 0 saturated carbocycles. The fourth-order valence-electron chi connectivity index (χ4n) is 1.74. The molecule has 100 valence electrons. The summed E-state index contributed by atoms with van der Waals surface area (Å²) in [4.78, 5) is 24.3. The Balaban J connectivity index is 2.32. The second-order valence-electron chi connectivity index (χ2n) is 4.01. The first-order chi connectivity index (χ1) is 9.01. The predicted octanol–water partition coefficient (Wildman–Crippen LogP) is 1.51. The maximum absolute atomic E-state index is 11.5. The first-order valence-electron chi connectivity index (χ1n) is 5.63. The van der Waals surface area contributed by atoms with Crippen molar-refractivity contribution in [3.8, 4) is 0 Å². The van der Waals surface area contributed by atoms with Crippen LogP contribution in [0, 0.1) is 13.8 Å². The number of nitrogens with zero attached hydrogens (tertiary/aromatic N) is 3. The molecule has 0 aliphatic rings. The van der Waals surface area contributed by atoms with Crippen molar-refractivity contribution in [2.45, 2.75) is 20.3 Å². The van der Waals surface area contributed by atoms with Gasteiger partial charge in [-0.2, -0.15) is 0 Å². The van der Waals surface area contributed by atoms with Gasteiger partial charge in [0.1, 0.15) is 17.2 Å². The molecule has 0 bridgehead atoms. The van der Waals surface area contributed by atoms with E-state index in [2.05, 4.69) is 19.7 Å². The lowest BCUT2D eigenvalue weighted by Crippen LogP contribution is -2.13. The van der Waals surface area contributed by atoms with Crippen LogP contribution in [0.2, 0.25) is 0 Å². The van der Waals surface area contributed by atoms with Gasteiger partial charge in [0.15, 0.2) is 0 Å². The van der Waals surface area contributed by atoms with Crippen LogP contribution in [-0.4, -0.2) is 28.0 Å². The first kappa shape index (κ1) is 13.4. The van der Waals surface area contributed by atoms with Crippen molar-refractivity contribution >= 4 is 23.1 Å². The third-order valence-electron chi connectivity index (χ3n) is 2.56. The molecule has 0 amide bonds. The third kappa shape index (κ3) is 2.87. The van der Waals surface area contributed by atoms with E-state index in [-0.39, 0.29) is 11.4 Å². The van der Waals surface area contributed by atoms with E-state index in [4.69, 9.17) is 5.73 Å². The van der Waals surface area contributed by atoms with Crippen molar-refractivity contribution < 1.29 is 9.53 Å². The fourth-order valence-corrected chi connectivity index (χ4v) is 2.35. The van der Waals surface area contributed by atoms with Crippen LogP contribution in [0.4, 0.5) is 5.82 Å². The molecule has 2 heterocycles. The van der Waals surface area contributed by atoms with Gasteiger partial charge in [-0.1, -0.05) is 0 Å². The number of ether oxygens (including phenoxy) is 1. The molecule has 0 saturated heterocycles. The second-order valence-corrected chi connectivity index (χ2v) is 5.07. The molecule has 6 nitrogen and oxygen atoms in total. The van der Waals surface area contributed by atoms with Crippen LogP contribution < -0.4 is 5.73 Å². The highest BCUT2D eigenvalue weighted by molar-refractivity contribution is 7.09. The molecule has 19 heavy (non-hydrogen) atoms. The number of esters is 1. The van der Waals surface area contributed by atoms with Gasteiger partial charge in [0.25, 0.3) is 0 Å². The van der Waals surface area contributed by atoms with Crippen molar-refractivity contribution in [2.24, 2.45) is 0 Å². The molecule has 0 aliphatic carbocycles. The number of nitrogens with two attached hydrogens (primary N) is 1. The topological polar surface area (TPSA) is 91.0 Å². The number of anilines is 1. The summed E-state index contributed by atoms with van der Waals surface area (Å²) in [6, 6.07) is 0. The van der Waals surface area contributed by atoms with Crippen LogP contribution in [0.25, 0.3) is 0 Å². The van der Waals surface area contributed by atoms with E-state index in [9.17, 15) is 4.79 Å². The Bertz CT molecular complexity index is 601. The van der Waals surface area contributed by atoms with Crippen molar-refractivity contribution in [1.82, 2.24) is 15.0 Å². The van der Waals surface area contributed by atoms with Crippen molar-refractivity contribution in [1.29, 1.82) is 0 Å². The number of aromatic nitrogens is 3. The van der Waals surface area contributed by atoms with Crippen molar-refractivity contribution in [3.63, 3.8) is 0 Å². The smallest absolute Gasteiger partial charge is 0.343 e. The van der Waals surface area contributed by atoms with Crippen LogP contribution in [0.3, 0.4) is 0 Å². The molecule has 2 rings (SSSR count). The summed E-state index contributed by atoms with van der Waals surface area (Å²) < 4.78 is 4.65. The van der Waals surface area contributed by atoms with E-state index >= 15 is 0 Å². The minimum atomic E-state index is -0.522. The van der Waals surface area contributed by atoms with E-state index in [1.54, 1.807) is 18.3 Å². The number of hydrogen-bond donors (Lipinski definition) is 1. The predicted molar refractivity (Wildman–Crippen MR) is 72.2 cm³/mol. The zero-order valence-corrected chi connectivity index (χ0v) is 11.7. The van der Waals surface area contributed by atoms with Gasteiger partial charge >= 0.3 is 5.97 Å². The summed E-state index contributed by atoms with van der Waals surface area (Å²) in [5.74, 6) is 0.167. The van der Waals surface area contributed by atoms with Crippen LogP contribution >= 0.6 is 11.3 Å². The standard InChI is InChI=1S/C12H14N4O2S/c1-6-10(12(17)18-3)11(13)16-9(14-6)4-8-5-19-7(2)15-8/h5H,4H2,1-3H3,(H2,13,14,16). The number of aryl methyl sites for hydroxylation is 2. The lowest BCUT2D eigenvalue weighted by atomic mass is 10.2. The second kappa shape index (κ2) is 5.31. The summed E-state index contributed by atoms with van der Waals surface area (Å²) in [7, 11) is 1.30. The molecule has 0 aliphatic heterocycles. The fraction of sp³-hybridized carbons (Fsp3) is 0.333. The highest BCUT2D eigenvalue weighted by atomic mass is 32.1. The highest BCUT2D eigenvalue weighted by Crippen LogP contribution is 2.17. The van der Waals surface area contributed by atoms with Crippen LogP contribution in [-0.2, 0) is 11.2 Å². The van der Waals surface area contributed by atoms with Crippen LogP contribution in [0.1, 0.15) is 32.6 Å². The Labute approximate surface area is 114 Å². The zero-order valence-electron chi connectivity index (χ0n) is 10.9. The first-order valence-corrected chi connectivity index (χ1v) is 6.51. The van der Waals surface area contributed by atoms with E-state index < -0.39 is 5.97 Å². The molecule has 0 fully saturated rings. The van der Waals surface area contributed by atoms with Gasteiger partial charge in [-0.25, -0.2) is 19.7 Å². The van der Waals surface area contributed by atoms with Crippen LogP contribution in [0.15, 0.2) is 5.38 Å². The zero-order chi connectivity index (χ0) is 14.0. The number of carbonyl (C=O) groups excluding carboxylic acids is 1. The highest BCUT2D eigenvalue weighted by Gasteiger charge is 2.17. The van der Waals surface area contributed by atoms with Gasteiger partial charge in [-0.15, -0.1) is 11.3 Å². The SMILES string of the molecule is COC(=O)c1c(C)nc(Cc2csc(C)n2)nc1N. The molecular formula is C12H14N4O2S. The van der Waals surface area contributed by atoms with Gasteiger partial charge in [-0.05, 0) is 13.8 Å². The number of thiazole rings is 1. The Morgan fingerprint density at radius 2 is 2.11 bits per heavy atom. The van der Waals surface area contributed by atoms with E-state index in [1.165, 1.54) is 7.11 Å². The molecule has 2 aromatic rings. The van der Waals surface area contributed by atoms with Gasteiger partial charge < -0.3 is 10.5 Å². The number of hydrogen-bond acceptors (Lipinski definition) is 7. The van der Waals surface area contributed by atoms with E-state index in [0.717, 1.165) is 10.7 Å².